The van der Waals surface area contributed by atoms with E-state index in [1.807, 2.05) is 10.6 Å². The summed E-state index contributed by atoms with van der Waals surface area (Å²) < 4.78 is 6.92. The summed E-state index contributed by atoms with van der Waals surface area (Å²) in [6, 6.07) is 1.92. The van der Waals surface area contributed by atoms with E-state index in [1.165, 1.54) is 0 Å². The predicted octanol–water partition coefficient (Wildman–Crippen LogP) is 0.569. The third-order valence-corrected chi connectivity index (χ3v) is 4.29. The van der Waals surface area contributed by atoms with Crippen molar-refractivity contribution in [3.8, 4) is 0 Å². The van der Waals surface area contributed by atoms with Crippen molar-refractivity contribution in [2.45, 2.75) is 33.5 Å². The SMILES string of the molecule is CCNC(=NCc1nncn1CC)N1CCN(Cc2ccon2)CC1. The molecule has 1 N–H and O–H groups in total. The number of aromatic nitrogens is 4. The fourth-order valence-electron chi connectivity index (χ4n) is 2.90. The summed E-state index contributed by atoms with van der Waals surface area (Å²) in [5.41, 5.74) is 0.980. The Bertz CT molecular complexity index is 657. The normalized spacial score (nSPS) is 16.4. The Morgan fingerprint density at radius 2 is 2.12 bits per heavy atom. The molecule has 0 unspecified atom stereocenters. The van der Waals surface area contributed by atoms with Gasteiger partial charge in [-0.15, -0.1) is 10.2 Å². The number of hydrogen-bond acceptors (Lipinski definition) is 6. The second kappa shape index (κ2) is 8.61. The van der Waals surface area contributed by atoms with Crippen molar-refractivity contribution < 1.29 is 4.52 Å². The number of hydrogen-bond donors (Lipinski definition) is 1. The maximum absolute atomic E-state index is 4.90. The van der Waals surface area contributed by atoms with Crippen molar-refractivity contribution in [1.29, 1.82) is 0 Å². The summed E-state index contributed by atoms with van der Waals surface area (Å²) in [5.74, 6) is 1.83. The highest BCUT2D eigenvalue weighted by molar-refractivity contribution is 5.80. The van der Waals surface area contributed by atoms with E-state index in [1.54, 1.807) is 12.6 Å². The van der Waals surface area contributed by atoms with E-state index in [0.717, 1.165) is 63.3 Å². The van der Waals surface area contributed by atoms with Crippen LogP contribution in [0.25, 0.3) is 0 Å². The van der Waals surface area contributed by atoms with Gasteiger partial charge in [-0.25, -0.2) is 4.99 Å². The zero-order valence-corrected chi connectivity index (χ0v) is 14.9. The second-order valence-electron chi connectivity index (χ2n) is 5.96. The van der Waals surface area contributed by atoms with Gasteiger partial charge >= 0.3 is 0 Å². The van der Waals surface area contributed by atoms with Gasteiger partial charge in [-0.05, 0) is 13.8 Å². The average Bonchev–Trinajstić information content (AvgIpc) is 3.30. The van der Waals surface area contributed by atoms with Crippen molar-refractivity contribution in [3.63, 3.8) is 0 Å². The van der Waals surface area contributed by atoms with Gasteiger partial charge in [0.2, 0.25) is 0 Å². The molecule has 0 bridgehead atoms. The number of nitrogens with zero attached hydrogens (tertiary/aromatic N) is 7. The highest BCUT2D eigenvalue weighted by Gasteiger charge is 2.20. The summed E-state index contributed by atoms with van der Waals surface area (Å²) >= 11 is 0. The van der Waals surface area contributed by atoms with Crippen LogP contribution >= 0.6 is 0 Å². The molecule has 0 radical (unpaired) electrons. The molecule has 0 amide bonds. The Morgan fingerprint density at radius 1 is 1.28 bits per heavy atom. The molecule has 0 saturated carbocycles. The first-order valence-electron chi connectivity index (χ1n) is 8.81. The lowest BCUT2D eigenvalue weighted by atomic mass is 10.3. The maximum Gasteiger partial charge on any atom is 0.194 e. The van der Waals surface area contributed by atoms with Crippen LogP contribution in [0.4, 0.5) is 0 Å². The van der Waals surface area contributed by atoms with Crippen LogP contribution in [-0.2, 0) is 19.6 Å². The minimum Gasteiger partial charge on any atom is -0.364 e. The van der Waals surface area contributed by atoms with Gasteiger partial charge in [-0.1, -0.05) is 5.16 Å². The molecule has 25 heavy (non-hydrogen) atoms. The van der Waals surface area contributed by atoms with Gasteiger partial charge in [-0.3, -0.25) is 4.90 Å². The third-order valence-electron chi connectivity index (χ3n) is 4.29. The van der Waals surface area contributed by atoms with E-state index in [9.17, 15) is 0 Å². The van der Waals surface area contributed by atoms with Crippen molar-refractivity contribution in [2.75, 3.05) is 32.7 Å². The van der Waals surface area contributed by atoms with Crippen LogP contribution in [-0.4, -0.2) is 68.4 Å². The molecule has 1 fully saturated rings. The van der Waals surface area contributed by atoms with E-state index in [2.05, 4.69) is 44.3 Å². The van der Waals surface area contributed by atoms with Crippen LogP contribution in [0.5, 0.6) is 0 Å². The predicted molar refractivity (Wildman–Crippen MR) is 93.9 cm³/mol. The lowest BCUT2D eigenvalue weighted by molar-refractivity contribution is 0.169. The van der Waals surface area contributed by atoms with Gasteiger partial charge < -0.3 is 19.3 Å². The third kappa shape index (κ3) is 4.56. The Balaban J connectivity index is 1.57. The summed E-state index contributed by atoms with van der Waals surface area (Å²) in [6.45, 7) is 11.1. The van der Waals surface area contributed by atoms with E-state index in [0.29, 0.717) is 6.54 Å². The minimum absolute atomic E-state index is 0.537. The molecule has 0 aliphatic carbocycles. The Hall–Kier alpha value is -2.42. The fraction of sp³-hybridized carbons (Fsp3) is 0.625. The molecule has 3 rings (SSSR count). The van der Waals surface area contributed by atoms with E-state index in [-0.39, 0.29) is 0 Å². The van der Waals surface area contributed by atoms with Crippen molar-refractivity contribution in [1.82, 2.24) is 35.0 Å². The number of rotatable bonds is 6. The van der Waals surface area contributed by atoms with Crippen LogP contribution in [0.1, 0.15) is 25.4 Å². The van der Waals surface area contributed by atoms with Gasteiger partial charge in [0, 0.05) is 51.9 Å². The van der Waals surface area contributed by atoms with Crippen LogP contribution in [0.2, 0.25) is 0 Å². The zero-order valence-electron chi connectivity index (χ0n) is 14.9. The summed E-state index contributed by atoms with van der Waals surface area (Å²) in [4.78, 5) is 9.43. The molecule has 1 aliphatic heterocycles. The molecular weight excluding hydrogens is 320 g/mol. The Kier molecular flexibility index (Phi) is 5.99. The largest absolute Gasteiger partial charge is 0.364 e. The van der Waals surface area contributed by atoms with Gasteiger partial charge in [-0.2, -0.15) is 0 Å². The average molecular weight is 346 g/mol. The maximum atomic E-state index is 4.90. The smallest absolute Gasteiger partial charge is 0.194 e. The second-order valence-corrected chi connectivity index (χ2v) is 5.96. The molecule has 1 saturated heterocycles. The topological polar surface area (TPSA) is 87.6 Å². The van der Waals surface area contributed by atoms with Crippen LogP contribution < -0.4 is 5.32 Å². The molecule has 0 atom stereocenters. The van der Waals surface area contributed by atoms with E-state index >= 15 is 0 Å². The number of guanidine groups is 1. The van der Waals surface area contributed by atoms with E-state index < -0.39 is 0 Å². The van der Waals surface area contributed by atoms with Crippen LogP contribution in [0.15, 0.2) is 28.2 Å². The molecule has 2 aromatic rings. The summed E-state index contributed by atoms with van der Waals surface area (Å²) in [7, 11) is 0. The molecular formula is C16H26N8O. The molecule has 136 valence electrons. The molecule has 1 aliphatic rings. The van der Waals surface area contributed by atoms with Gasteiger partial charge in [0.1, 0.15) is 19.1 Å². The first kappa shape index (κ1) is 17.4. The van der Waals surface area contributed by atoms with Gasteiger partial charge in [0.05, 0.1) is 5.69 Å². The lowest BCUT2D eigenvalue weighted by Crippen LogP contribution is -2.52. The van der Waals surface area contributed by atoms with Crippen molar-refractivity contribution >= 4 is 5.96 Å². The minimum atomic E-state index is 0.537. The zero-order chi connectivity index (χ0) is 17.5. The number of aryl methyl sites for hydroxylation is 1. The standard InChI is InChI=1S/C16H26N8O/c1-3-17-16(18-11-15-20-19-13-23(15)4-2)24-8-6-22(7-9-24)12-14-5-10-25-21-14/h5,10,13H,3-4,6-9,11-12H2,1-2H3,(H,17,18). The molecule has 9 nitrogen and oxygen atoms in total. The highest BCUT2D eigenvalue weighted by Crippen LogP contribution is 2.08. The molecule has 3 heterocycles. The number of nitrogens with one attached hydrogen (secondary N) is 1. The van der Waals surface area contributed by atoms with Crippen LogP contribution in [0, 0.1) is 0 Å². The van der Waals surface area contributed by atoms with Gasteiger partial charge in [0.25, 0.3) is 0 Å². The number of aliphatic imine (C=N–C) groups is 1. The first-order valence-corrected chi connectivity index (χ1v) is 8.81. The van der Waals surface area contributed by atoms with Crippen LogP contribution in [0.3, 0.4) is 0 Å². The molecule has 0 aromatic carbocycles. The Labute approximate surface area is 147 Å². The molecule has 2 aromatic heterocycles. The Morgan fingerprint density at radius 3 is 2.80 bits per heavy atom. The molecule has 9 heteroatoms. The van der Waals surface area contributed by atoms with Crippen molar-refractivity contribution in [2.24, 2.45) is 4.99 Å². The van der Waals surface area contributed by atoms with Gasteiger partial charge in [0.15, 0.2) is 11.8 Å². The first-order chi connectivity index (χ1) is 12.3. The highest BCUT2D eigenvalue weighted by atomic mass is 16.5. The fourth-order valence-corrected chi connectivity index (χ4v) is 2.90. The number of piperazine rings is 1. The lowest BCUT2D eigenvalue weighted by Gasteiger charge is -2.36. The summed E-state index contributed by atoms with van der Waals surface area (Å²) in [5, 5.41) is 15.5. The van der Waals surface area contributed by atoms with Crippen molar-refractivity contribution in [3.05, 3.63) is 30.2 Å². The quantitative estimate of drug-likeness (QED) is 0.604. The monoisotopic (exact) mass is 346 g/mol. The van der Waals surface area contributed by atoms with E-state index in [4.69, 9.17) is 9.52 Å². The molecule has 0 spiro atoms. The summed E-state index contributed by atoms with van der Waals surface area (Å²) in [6.07, 6.45) is 3.37.